The maximum Gasteiger partial charge on any atom is 0.326 e. The van der Waals surface area contributed by atoms with Crippen LogP contribution in [0.15, 0.2) is 12.5 Å². The monoisotopic (exact) mass is 727 g/mol. The van der Waals surface area contributed by atoms with Crippen molar-refractivity contribution in [3.05, 3.63) is 18.2 Å². The summed E-state index contributed by atoms with van der Waals surface area (Å²) < 4.78 is 5.57. The Bertz CT molecular complexity index is 1350. The SMILES string of the molecule is CC(C)C[C@H](NC(=O)[C@H](Cc1cnc[nH]1)NC(=O)[C@@H](NC1(CO)O[C@H](CO)[C@@H](O)[C@@H]1O)C(C)C)C(=O)N[C@H](C(=O)N1CCC[C@H]1C(=O)O)[C@@H](C)O. The third-order valence-corrected chi connectivity index (χ3v) is 9.13. The van der Waals surface area contributed by atoms with Gasteiger partial charge in [-0.05, 0) is 38.0 Å². The van der Waals surface area contributed by atoms with E-state index < -0.39 is 109 Å². The van der Waals surface area contributed by atoms with Gasteiger partial charge in [-0.2, -0.15) is 0 Å². The van der Waals surface area contributed by atoms with Crippen molar-refractivity contribution in [1.29, 1.82) is 0 Å². The number of aliphatic hydroxyl groups excluding tert-OH is 5. The van der Waals surface area contributed by atoms with E-state index in [1.165, 1.54) is 19.4 Å². The lowest BCUT2D eigenvalue weighted by Crippen LogP contribution is -2.66. The average molecular weight is 728 g/mol. The number of carbonyl (C=O) groups excluding carboxylic acids is 4. The zero-order valence-electron chi connectivity index (χ0n) is 29.5. The molecule has 0 radical (unpaired) electrons. The first kappa shape index (κ1) is 41.7. The molecule has 0 aromatic carbocycles. The zero-order chi connectivity index (χ0) is 38.2. The Balaban J connectivity index is 1.84. The Labute approximate surface area is 295 Å². The average Bonchev–Trinajstić information content (AvgIpc) is 3.82. The number of likely N-dealkylation sites (tertiary alicyclic amines) is 1. The lowest BCUT2D eigenvalue weighted by molar-refractivity contribution is -0.153. The van der Waals surface area contributed by atoms with Gasteiger partial charge in [0, 0.05) is 24.9 Å². The highest BCUT2D eigenvalue weighted by Crippen LogP contribution is 2.30. The number of nitrogens with one attached hydrogen (secondary N) is 5. The number of aliphatic hydroxyl groups is 5. The molecule has 2 aliphatic heterocycles. The summed E-state index contributed by atoms with van der Waals surface area (Å²) in [5, 5.41) is 71.3. The second-order valence-electron chi connectivity index (χ2n) is 14.0. The second kappa shape index (κ2) is 18.2. The minimum Gasteiger partial charge on any atom is -0.480 e. The molecule has 51 heavy (non-hydrogen) atoms. The molecule has 0 spiro atoms. The number of amides is 4. The first-order valence-electron chi connectivity index (χ1n) is 17.1. The van der Waals surface area contributed by atoms with Crippen molar-refractivity contribution < 1.29 is 59.3 Å². The molecule has 0 saturated carbocycles. The molecular formula is C32H53N7O12. The maximum atomic E-state index is 13.9. The van der Waals surface area contributed by atoms with Crippen LogP contribution in [0.5, 0.6) is 0 Å². The van der Waals surface area contributed by atoms with Gasteiger partial charge in [0.1, 0.15) is 42.5 Å². The molecule has 0 bridgehead atoms. The van der Waals surface area contributed by atoms with Crippen molar-refractivity contribution >= 4 is 29.6 Å². The van der Waals surface area contributed by atoms with Crippen LogP contribution in [0.4, 0.5) is 0 Å². The van der Waals surface area contributed by atoms with Crippen molar-refractivity contribution in [1.82, 2.24) is 36.1 Å². The summed E-state index contributed by atoms with van der Waals surface area (Å²) in [6.07, 6.45) is -2.53. The summed E-state index contributed by atoms with van der Waals surface area (Å²) in [5.41, 5.74) is -1.58. The van der Waals surface area contributed by atoms with E-state index in [1.54, 1.807) is 27.7 Å². The predicted molar refractivity (Wildman–Crippen MR) is 177 cm³/mol. The second-order valence-corrected chi connectivity index (χ2v) is 14.0. The number of hydrogen-bond donors (Lipinski definition) is 11. The van der Waals surface area contributed by atoms with Gasteiger partial charge in [0.25, 0.3) is 0 Å². The number of aromatic nitrogens is 2. The van der Waals surface area contributed by atoms with E-state index >= 15 is 0 Å². The Morgan fingerprint density at radius 3 is 2.16 bits per heavy atom. The molecule has 1 unspecified atom stereocenters. The van der Waals surface area contributed by atoms with E-state index in [0.717, 1.165) is 4.90 Å². The number of nitrogens with zero attached hydrogens (tertiary/aromatic N) is 2. The number of ether oxygens (including phenoxy) is 1. The molecule has 2 aliphatic rings. The van der Waals surface area contributed by atoms with Crippen molar-refractivity contribution in [2.45, 2.75) is 121 Å². The molecule has 10 atom stereocenters. The molecular weight excluding hydrogens is 674 g/mol. The fourth-order valence-electron chi connectivity index (χ4n) is 6.30. The van der Waals surface area contributed by atoms with Crippen LogP contribution >= 0.6 is 0 Å². The standard InChI is InChI=1S/C32H53N7O12/c1-15(2)9-19(28(46)37-24(17(5)42)30(48)39-8-6-7-21(39)31(49)50)35-27(45)20(10-18-11-33-14-34-18)36-29(47)23(16(3)4)38-32(13-41)26(44)25(43)22(12-40)51-32/h11,14-17,19-26,38,40-44H,6-10,12-13H2,1-5H3,(H,33,34)(H,35,45)(H,36,47)(H,37,46)(H,49,50)/t17-,19+,20+,21+,22-,23+,24+,25-,26+,32?/m1/s1. The molecule has 19 nitrogen and oxygen atoms in total. The van der Waals surface area contributed by atoms with Crippen LogP contribution in [0.1, 0.15) is 59.6 Å². The number of aliphatic carboxylic acids is 1. The van der Waals surface area contributed by atoms with Crippen LogP contribution in [0.2, 0.25) is 0 Å². The van der Waals surface area contributed by atoms with Crippen LogP contribution in [0, 0.1) is 11.8 Å². The van der Waals surface area contributed by atoms with E-state index in [4.69, 9.17) is 4.74 Å². The number of carboxylic acids is 1. The Kier molecular flexibility index (Phi) is 14.8. The summed E-state index contributed by atoms with van der Waals surface area (Å²) in [4.78, 5) is 74.3. The molecule has 1 aromatic heterocycles. The first-order chi connectivity index (χ1) is 24.0. The highest BCUT2D eigenvalue weighted by molar-refractivity contribution is 5.96. The number of carbonyl (C=O) groups is 5. The maximum absolute atomic E-state index is 13.9. The highest BCUT2D eigenvalue weighted by Gasteiger charge is 2.55. The van der Waals surface area contributed by atoms with Crippen molar-refractivity contribution in [3.8, 4) is 0 Å². The van der Waals surface area contributed by atoms with Gasteiger partial charge in [0.15, 0.2) is 5.72 Å². The quantitative estimate of drug-likeness (QED) is 0.0695. The zero-order valence-corrected chi connectivity index (χ0v) is 29.5. The van der Waals surface area contributed by atoms with Gasteiger partial charge in [0.2, 0.25) is 23.6 Å². The summed E-state index contributed by atoms with van der Waals surface area (Å²) in [6, 6.07) is -6.40. The Hall–Kier alpha value is -3.72. The van der Waals surface area contributed by atoms with Crippen molar-refractivity contribution in [2.24, 2.45) is 11.8 Å². The first-order valence-corrected chi connectivity index (χ1v) is 17.1. The van der Waals surface area contributed by atoms with Gasteiger partial charge in [0.05, 0.1) is 31.7 Å². The number of carboxylic acid groups (broad SMARTS) is 1. The number of imidazole rings is 1. The van der Waals surface area contributed by atoms with Crippen LogP contribution < -0.4 is 21.3 Å². The van der Waals surface area contributed by atoms with Gasteiger partial charge < -0.3 is 61.2 Å². The summed E-state index contributed by atoms with van der Waals surface area (Å²) in [6.45, 7) is 6.74. The Morgan fingerprint density at radius 1 is 1.00 bits per heavy atom. The highest BCUT2D eigenvalue weighted by atomic mass is 16.6. The van der Waals surface area contributed by atoms with Gasteiger partial charge in [-0.3, -0.25) is 24.5 Å². The number of rotatable bonds is 18. The molecule has 3 rings (SSSR count). The number of hydrogen-bond acceptors (Lipinski definition) is 13. The predicted octanol–water partition coefficient (Wildman–Crippen LogP) is -3.68. The lowest BCUT2D eigenvalue weighted by Gasteiger charge is -2.36. The third kappa shape index (κ3) is 10.2. The molecule has 0 aliphatic carbocycles. The lowest BCUT2D eigenvalue weighted by atomic mass is 9.97. The van der Waals surface area contributed by atoms with Crippen LogP contribution in [0.25, 0.3) is 0 Å². The van der Waals surface area contributed by atoms with Gasteiger partial charge in [-0.25, -0.2) is 9.78 Å². The molecule has 1 aromatic rings. The van der Waals surface area contributed by atoms with E-state index in [0.29, 0.717) is 12.1 Å². The molecule has 11 N–H and O–H groups in total. The van der Waals surface area contributed by atoms with Crippen LogP contribution in [0.3, 0.4) is 0 Å². The van der Waals surface area contributed by atoms with E-state index in [9.17, 15) is 54.6 Å². The number of H-pyrrole nitrogens is 1. The van der Waals surface area contributed by atoms with E-state index in [-0.39, 0.29) is 31.7 Å². The van der Waals surface area contributed by atoms with E-state index in [1.807, 2.05) is 0 Å². The molecule has 19 heteroatoms. The third-order valence-electron chi connectivity index (χ3n) is 9.13. The van der Waals surface area contributed by atoms with Gasteiger partial charge in [-0.15, -0.1) is 0 Å². The van der Waals surface area contributed by atoms with Gasteiger partial charge >= 0.3 is 5.97 Å². The minimum atomic E-state index is -2.03. The Morgan fingerprint density at radius 2 is 1.65 bits per heavy atom. The largest absolute Gasteiger partial charge is 0.480 e. The van der Waals surface area contributed by atoms with Gasteiger partial charge in [-0.1, -0.05) is 27.7 Å². The van der Waals surface area contributed by atoms with Crippen molar-refractivity contribution in [3.63, 3.8) is 0 Å². The molecule has 4 amide bonds. The fourth-order valence-corrected chi connectivity index (χ4v) is 6.30. The normalized spacial score (nSPS) is 26.4. The summed E-state index contributed by atoms with van der Waals surface area (Å²) >= 11 is 0. The molecule has 3 heterocycles. The smallest absolute Gasteiger partial charge is 0.326 e. The number of aromatic amines is 1. The topological polar surface area (TPSA) is 296 Å². The van der Waals surface area contributed by atoms with E-state index in [2.05, 4.69) is 31.2 Å². The molecule has 2 saturated heterocycles. The fraction of sp³-hybridized carbons (Fsp3) is 0.750. The van der Waals surface area contributed by atoms with Crippen LogP contribution in [-0.2, 0) is 35.1 Å². The molecule has 288 valence electrons. The van der Waals surface area contributed by atoms with Crippen LogP contribution in [-0.4, -0.2) is 155 Å². The van der Waals surface area contributed by atoms with Crippen molar-refractivity contribution in [2.75, 3.05) is 19.8 Å². The minimum absolute atomic E-state index is 0.0866. The summed E-state index contributed by atoms with van der Waals surface area (Å²) in [7, 11) is 0. The molecule has 2 fully saturated rings. The summed E-state index contributed by atoms with van der Waals surface area (Å²) in [5.74, 6) is -5.04.